The SMILES string of the molecule is COCCCOCCNc1ccccc1C#N. The zero-order valence-electron chi connectivity index (χ0n) is 10.1. The Morgan fingerprint density at radius 1 is 1.24 bits per heavy atom. The largest absolute Gasteiger partial charge is 0.385 e. The second-order valence-electron chi connectivity index (χ2n) is 3.54. The van der Waals surface area contributed by atoms with Crippen molar-refractivity contribution >= 4 is 5.69 Å². The molecule has 17 heavy (non-hydrogen) atoms. The summed E-state index contributed by atoms with van der Waals surface area (Å²) in [5.74, 6) is 0. The highest BCUT2D eigenvalue weighted by Gasteiger charge is 1.98. The highest BCUT2D eigenvalue weighted by Crippen LogP contribution is 2.12. The molecule has 0 spiro atoms. The molecule has 0 fully saturated rings. The second-order valence-corrected chi connectivity index (χ2v) is 3.54. The van der Waals surface area contributed by atoms with Crippen molar-refractivity contribution in [3.05, 3.63) is 29.8 Å². The van der Waals surface area contributed by atoms with Crippen LogP contribution < -0.4 is 5.32 Å². The van der Waals surface area contributed by atoms with Crippen LogP contribution in [0.5, 0.6) is 0 Å². The number of nitriles is 1. The van der Waals surface area contributed by atoms with E-state index in [1.165, 1.54) is 0 Å². The Hall–Kier alpha value is -1.57. The van der Waals surface area contributed by atoms with Gasteiger partial charge < -0.3 is 14.8 Å². The number of hydrogen-bond acceptors (Lipinski definition) is 4. The fraction of sp³-hybridized carbons (Fsp3) is 0.462. The van der Waals surface area contributed by atoms with E-state index in [2.05, 4.69) is 11.4 Å². The first kappa shape index (κ1) is 13.5. The van der Waals surface area contributed by atoms with Crippen molar-refractivity contribution in [2.24, 2.45) is 0 Å². The quantitative estimate of drug-likeness (QED) is 0.699. The Morgan fingerprint density at radius 2 is 2.06 bits per heavy atom. The summed E-state index contributed by atoms with van der Waals surface area (Å²) in [5.41, 5.74) is 1.52. The number of anilines is 1. The zero-order chi connectivity index (χ0) is 12.3. The predicted molar refractivity (Wildman–Crippen MR) is 67.0 cm³/mol. The summed E-state index contributed by atoms with van der Waals surface area (Å²) in [4.78, 5) is 0. The van der Waals surface area contributed by atoms with Crippen molar-refractivity contribution in [2.45, 2.75) is 6.42 Å². The third-order valence-corrected chi connectivity index (χ3v) is 2.25. The Bertz CT molecular complexity index is 361. The zero-order valence-corrected chi connectivity index (χ0v) is 10.1. The normalized spacial score (nSPS) is 9.88. The van der Waals surface area contributed by atoms with Gasteiger partial charge in [-0.3, -0.25) is 0 Å². The first-order valence-electron chi connectivity index (χ1n) is 5.68. The third kappa shape index (κ3) is 5.34. The van der Waals surface area contributed by atoms with Gasteiger partial charge in [0.1, 0.15) is 6.07 Å². The van der Waals surface area contributed by atoms with Crippen LogP contribution in [0.4, 0.5) is 5.69 Å². The molecule has 92 valence electrons. The van der Waals surface area contributed by atoms with Gasteiger partial charge in [-0.2, -0.15) is 5.26 Å². The van der Waals surface area contributed by atoms with Crippen LogP contribution in [0, 0.1) is 11.3 Å². The fourth-order valence-electron chi connectivity index (χ4n) is 1.40. The van der Waals surface area contributed by atoms with Crippen molar-refractivity contribution in [1.82, 2.24) is 0 Å². The molecule has 0 aliphatic carbocycles. The molecule has 0 saturated heterocycles. The standard InChI is InChI=1S/C13H18N2O2/c1-16-8-4-9-17-10-7-15-13-6-3-2-5-12(13)11-14/h2-3,5-6,15H,4,7-10H2,1H3. The maximum absolute atomic E-state index is 8.88. The summed E-state index contributed by atoms with van der Waals surface area (Å²) in [7, 11) is 1.68. The van der Waals surface area contributed by atoms with E-state index in [1.807, 2.05) is 18.2 Å². The minimum atomic E-state index is 0.628. The van der Waals surface area contributed by atoms with Gasteiger partial charge in [0.05, 0.1) is 17.9 Å². The van der Waals surface area contributed by atoms with Crippen molar-refractivity contribution < 1.29 is 9.47 Å². The molecule has 1 aromatic carbocycles. The summed E-state index contributed by atoms with van der Waals surface area (Å²) >= 11 is 0. The van der Waals surface area contributed by atoms with Gasteiger partial charge in [0.25, 0.3) is 0 Å². The predicted octanol–water partition coefficient (Wildman–Crippen LogP) is 2.02. The minimum Gasteiger partial charge on any atom is -0.385 e. The van der Waals surface area contributed by atoms with Crippen molar-refractivity contribution in [2.75, 3.05) is 38.8 Å². The number of para-hydroxylation sites is 1. The van der Waals surface area contributed by atoms with Crippen LogP contribution >= 0.6 is 0 Å². The molecule has 4 nitrogen and oxygen atoms in total. The van der Waals surface area contributed by atoms with E-state index in [9.17, 15) is 0 Å². The van der Waals surface area contributed by atoms with E-state index in [-0.39, 0.29) is 0 Å². The lowest BCUT2D eigenvalue weighted by Crippen LogP contribution is -2.11. The number of rotatable bonds is 8. The summed E-state index contributed by atoms with van der Waals surface area (Å²) in [5, 5.41) is 12.1. The van der Waals surface area contributed by atoms with Gasteiger partial charge >= 0.3 is 0 Å². The van der Waals surface area contributed by atoms with Crippen LogP contribution in [0.3, 0.4) is 0 Å². The maximum Gasteiger partial charge on any atom is 0.101 e. The van der Waals surface area contributed by atoms with Crippen molar-refractivity contribution in [1.29, 1.82) is 5.26 Å². The smallest absolute Gasteiger partial charge is 0.101 e. The van der Waals surface area contributed by atoms with Gasteiger partial charge in [-0.15, -0.1) is 0 Å². The summed E-state index contributed by atoms with van der Waals surface area (Å²) < 4.78 is 10.3. The van der Waals surface area contributed by atoms with Crippen molar-refractivity contribution in [3.8, 4) is 6.07 Å². The van der Waals surface area contributed by atoms with Crippen LogP contribution in [-0.4, -0.2) is 33.5 Å². The van der Waals surface area contributed by atoms with Gasteiger partial charge in [0, 0.05) is 26.9 Å². The Morgan fingerprint density at radius 3 is 2.82 bits per heavy atom. The highest BCUT2D eigenvalue weighted by atomic mass is 16.5. The Labute approximate surface area is 102 Å². The average Bonchev–Trinajstić information content (AvgIpc) is 2.38. The molecular formula is C13H18N2O2. The van der Waals surface area contributed by atoms with E-state index in [4.69, 9.17) is 14.7 Å². The minimum absolute atomic E-state index is 0.628. The molecule has 0 bridgehead atoms. The van der Waals surface area contributed by atoms with Crippen LogP contribution in [0.25, 0.3) is 0 Å². The van der Waals surface area contributed by atoms with E-state index >= 15 is 0 Å². The number of nitrogens with zero attached hydrogens (tertiary/aromatic N) is 1. The molecule has 0 heterocycles. The molecule has 0 amide bonds. The lowest BCUT2D eigenvalue weighted by Gasteiger charge is -2.08. The molecular weight excluding hydrogens is 216 g/mol. The van der Waals surface area contributed by atoms with Crippen molar-refractivity contribution in [3.63, 3.8) is 0 Å². The lowest BCUT2D eigenvalue weighted by molar-refractivity contribution is 0.109. The summed E-state index contributed by atoms with van der Waals surface area (Å²) in [6, 6.07) is 9.59. The number of ether oxygens (including phenoxy) is 2. The van der Waals surface area contributed by atoms with E-state index in [0.29, 0.717) is 25.3 Å². The van der Waals surface area contributed by atoms with E-state index < -0.39 is 0 Å². The molecule has 0 aromatic heterocycles. The van der Waals surface area contributed by atoms with E-state index in [0.717, 1.165) is 18.7 Å². The highest BCUT2D eigenvalue weighted by molar-refractivity contribution is 5.56. The molecule has 4 heteroatoms. The topological polar surface area (TPSA) is 54.3 Å². The van der Waals surface area contributed by atoms with Gasteiger partial charge in [-0.05, 0) is 18.6 Å². The van der Waals surface area contributed by atoms with Crippen LogP contribution in [0.15, 0.2) is 24.3 Å². The molecule has 0 saturated carbocycles. The Balaban J connectivity index is 2.16. The number of benzene rings is 1. The van der Waals surface area contributed by atoms with Gasteiger partial charge in [0.2, 0.25) is 0 Å². The monoisotopic (exact) mass is 234 g/mol. The molecule has 1 aromatic rings. The average molecular weight is 234 g/mol. The van der Waals surface area contributed by atoms with Crippen LogP contribution in [0.2, 0.25) is 0 Å². The summed E-state index contributed by atoms with van der Waals surface area (Å²) in [6.07, 6.45) is 0.908. The third-order valence-electron chi connectivity index (χ3n) is 2.25. The number of nitrogens with one attached hydrogen (secondary N) is 1. The molecule has 1 N–H and O–H groups in total. The first-order chi connectivity index (χ1) is 8.38. The number of methoxy groups -OCH3 is 1. The van der Waals surface area contributed by atoms with Crippen LogP contribution in [-0.2, 0) is 9.47 Å². The molecule has 0 aliphatic rings. The fourth-order valence-corrected chi connectivity index (χ4v) is 1.40. The number of hydrogen-bond donors (Lipinski definition) is 1. The molecule has 0 atom stereocenters. The van der Waals surface area contributed by atoms with Gasteiger partial charge in [-0.25, -0.2) is 0 Å². The van der Waals surface area contributed by atoms with Gasteiger partial charge in [-0.1, -0.05) is 12.1 Å². The molecule has 0 aliphatic heterocycles. The molecule has 0 radical (unpaired) electrons. The Kier molecular flexibility index (Phi) is 6.80. The molecule has 1 rings (SSSR count). The first-order valence-corrected chi connectivity index (χ1v) is 5.68. The second kappa shape index (κ2) is 8.57. The van der Waals surface area contributed by atoms with Gasteiger partial charge in [0.15, 0.2) is 0 Å². The molecule has 0 unspecified atom stereocenters. The van der Waals surface area contributed by atoms with Crippen LogP contribution in [0.1, 0.15) is 12.0 Å². The lowest BCUT2D eigenvalue weighted by atomic mass is 10.2. The summed E-state index contributed by atoms with van der Waals surface area (Å²) in [6.45, 7) is 2.76. The maximum atomic E-state index is 8.88. The van der Waals surface area contributed by atoms with E-state index in [1.54, 1.807) is 13.2 Å².